The second kappa shape index (κ2) is 8.50. The van der Waals surface area contributed by atoms with E-state index in [1.54, 1.807) is 40.1 Å². The van der Waals surface area contributed by atoms with Crippen molar-refractivity contribution in [1.82, 2.24) is 19.5 Å². The van der Waals surface area contributed by atoms with E-state index in [1.807, 2.05) is 35.8 Å². The van der Waals surface area contributed by atoms with Gasteiger partial charge in [-0.2, -0.15) is 0 Å². The van der Waals surface area contributed by atoms with Crippen LogP contribution in [-0.2, 0) is 6.54 Å². The van der Waals surface area contributed by atoms with Gasteiger partial charge in [0, 0.05) is 23.9 Å². The zero-order valence-electron chi connectivity index (χ0n) is 18.9. The SMILES string of the molecule is COc1cnc2c(c1)ncn2Cc1cc(OC)c2c(c1)OCC(c1cnc(OC)cc1C)O2. The average Bonchev–Trinajstić information content (AvgIpc) is 3.24. The molecule has 0 bridgehead atoms. The maximum absolute atomic E-state index is 6.30. The molecule has 170 valence electrons. The van der Waals surface area contributed by atoms with E-state index in [9.17, 15) is 0 Å². The third-order valence-electron chi connectivity index (χ3n) is 5.65. The van der Waals surface area contributed by atoms with Crippen molar-refractivity contribution in [3.63, 3.8) is 0 Å². The summed E-state index contributed by atoms with van der Waals surface area (Å²) in [6.07, 6.45) is 4.91. The Bertz CT molecular complexity index is 1300. The van der Waals surface area contributed by atoms with Crippen LogP contribution < -0.4 is 23.7 Å². The highest BCUT2D eigenvalue weighted by Gasteiger charge is 2.28. The van der Waals surface area contributed by atoms with Crippen LogP contribution in [0.3, 0.4) is 0 Å². The van der Waals surface area contributed by atoms with E-state index >= 15 is 0 Å². The van der Waals surface area contributed by atoms with Crippen LogP contribution >= 0.6 is 0 Å². The Labute approximate surface area is 190 Å². The molecule has 3 aromatic heterocycles. The Hall–Kier alpha value is -4.01. The molecule has 0 saturated carbocycles. The number of fused-ring (bicyclic) bond motifs is 2. The highest BCUT2D eigenvalue weighted by atomic mass is 16.6. The molecule has 33 heavy (non-hydrogen) atoms. The molecule has 4 aromatic rings. The molecular formula is C24H24N4O5. The minimum Gasteiger partial charge on any atom is -0.495 e. The van der Waals surface area contributed by atoms with Gasteiger partial charge >= 0.3 is 0 Å². The molecule has 0 radical (unpaired) electrons. The van der Waals surface area contributed by atoms with Gasteiger partial charge in [-0.3, -0.25) is 0 Å². The van der Waals surface area contributed by atoms with E-state index in [4.69, 9.17) is 23.7 Å². The molecule has 9 nitrogen and oxygen atoms in total. The molecule has 5 rings (SSSR count). The molecular weight excluding hydrogens is 424 g/mol. The summed E-state index contributed by atoms with van der Waals surface area (Å²) in [4.78, 5) is 13.2. The van der Waals surface area contributed by atoms with E-state index in [-0.39, 0.29) is 6.10 Å². The molecule has 0 saturated heterocycles. The zero-order valence-corrected chi connectivity index (χ0v) is 18.9. The third-order valence-corrected chi connectivity index (χ3v) is 5.65. The first-order valence-electron chi connectivity index (χ1n) is 10.5. The minimum absolute atomic E-state index is 0.299. The molecule has 1 atom stereocenters. The van der Waals surface area contributed by atoms with Gasteiger partial charge in [-0.1, -0.05) is 0 Å². The monoisotopic (exact) mass is 448 g/mol. The maximum atomic E-state index is 6.30. The summed E-state index contributed by atoms with van der Waals surface area (Å²) in [5.41, 5.74) is 4.48. The van der Waals surface area contributed by atoms with Crippen LogP contribution in [0.4, 0.5) is 0 Å². The summed E-state index contributed by atoms with van der Waals surface area (Å²) in [7, 11) is 4.82. The molecule has 0 amide bonds. The first kappa shape index (κ1) is 20.9. The van der Waals surface area contributed by atoms with Gasteiger partial charge in [0.1, 0.15) is 17.9 Å². The Morgan fingerprint density at radius 3 is 2.64 bits per heavy atom. The summed E-state index contributed by atoms with van der Waals surface area (Å²) in [6, 6.07) is 7.65. The standard InChI is InChI=1S/C24H24N4O5/c1-14-5-22(31-4)25-10-17(14)21-12-32-20-7-15(6-19(30-3)23(20)33-21)11-28-13-27-18-8-16(29-2)9-26-24(18)28/h5-10,13,21H,11-12H2,1-4H3. The lowest BCUT2D eigenvalue weighted by atomic mass is 10.1. The lowest BCUT2D eigenvalue weighted by Gasteiger charge is -2.29. The van der Waals surface area contributed by atoms with E-state index in [1.165, 1.54) is 0 Å². The van der Waals surface area contributed by atoms with Gasteiger partial charge in [0.15, 0.2) is 23.3 Å². The molecule has 0 N–H and O–H groups in total. The van der Waals surface area contributed by atoms with Crippen molar-refractivity contribution in [3.8, 4) is 28.9 Å². The lowest BCUT2D eigenvalue weighted by Crippen LogP contribution is -2.23. The smallest absolute Gasteiger partial charge is 0.213 e. The molecule has 1 aromatic carbocycles. The third kappa shape index (κ3) is 3.86. The number of aromatic nitrogens is 4. The molecule has 0 aliphatic carbocycles. The average molecular weight is 448 g/mol. The van der Waals surface area contributed by atoms with E-state index < -0.39 is 0 Å². The van der Waals surface area contributed by atoms with Gasteiger partial charge in [-0.15, -0.1) is 0 Å². The first-order chi connectivity index (χ1) is 16.1. The predicted molar refractivity (Wildman–Crippen MR) is 121 cm³/mol. The highest BCUT2D eigenvalue weighted by molar-refractivity contribution is 5.72. The van der Waals surface area contributed by atoms with E-state index in [0.717, 1.165) is 27.9 Å². The van der Waals surface area contributed by atoms with Crippen LogP contribution in [0, 0.1) is 6.92 Å². The number of benzene rings is 1. The number of rotatable bonds is 6. The Morgan fingerprint density at radius 1 is 1.00 bits per heavy atom. The predicted octanol–water partition coefficient (Wildman–Crippen LogP) is 3.72. The second-order valence-corrected chi connectivity index (χ2v) is 7.72. The summed E-state index contributed by atoms with van der Waals surface area (Å²) in [5.74, 6) is 3.05. The number of aryl methyl sites for hydroxylation is 1. The topological polar surface area (TPSA) is 89.8 Å². The second-order valence-electron chi connectivity index (χ2n) is 7.72. The minimum atomic E-state index is -0.299. The normalized spacial score (nSPS) is 14.8. The van der Waals surface area contributed by atoms with Crippen molar-refractivity contribution in [2.75, 3.05) is 27.9 Å². The van der Waals surface area contributed by atoms with Gasteiger partial charge < -0.3 is 28.3 Å². The van der Waals surface area contributed by atoms with Crippen molar-refractivity contribution < 1.29 is 23.7 Å². The fraction of sp³-hybridized carbons (Fsp3) is 0.292. The van der Waals surface area contributed by atoms with Gasteiger partial charge in [0.05, 0.1) is 40.4 Å². The number of imidazole rings is 1. The molecule has 9 heteroatoms. The van der Waals surface area contributed by atoms with Crippen LogP contribution in [0.2, 0.25) is 0 Å². The van der Waals surface area contributed by atoms with Crippen molar-refractivity contribution >= 4 is 11.2 Å². The van der Waals surface area contributed by atoms with Crippen LogP contribution in [0.5, 0.6) is 28.9 Å². The molecule has 1 aliphatic heterocycles. The fourth-order valence-corrected chi connectivity index (χ4v) is 3.94. The van der Waals surface area contributed by atoms with Crippen molar-refractivity contribution in [2.45, 2.75) is 19.6 Å². The lowest BCUT2D eigenvalue weighted by molar-refractivity contribution is 0.0862. The van der Waals surface area contributed by atoms with E-state index in [2.05, 4.69) is 15.0 Å². The number of pyridine rings is 2. The van der Waals surface area contributed by atoms with E-state index in [0.29, 0.717) is 42.0 Å². The Balaban J connectivity index is 1.43. The number of nitrogens with zero attached hydrogens (tertiary/aromatic N) is 4. The van der Waals surface area contributed by atoms with Gasteiger partial charge in [0.2, 0.25) is 11.6 Å². The van der Waals surface area contributed by atoms with Crippen LogP contribution in [0.1, 0.15) is 22.8 Å². The molecule has 4 heterocycles. The number of ether oxygens (including phenoxy) is 5. The van der Waals surface area contributed by atoms with Crippen LogP contribution in [-0.4, -0.2) is 47.5 Å². The Kier molecular flexibility index (Phi) is 5.37. The molecule has 0 fully saturated rings. The fourth-order valence-electron chi connectivity index (χ4n) is 3.94. The van der Waals surface area contributed by atoms with Crippen LogP contribution in [0.25, 0.3) is 11.2 Å². The summed E-state index contributed by atoms with van der Waals surface area (Å²) in [6.45, 7) is 2.91. The van der Waals surface area contributed by atoms with Gasteiger partial charge in [-0.25, -0.2) is 15.0 Å². The van der Waals surface area contributed by atoms with Gasteiger partial charge in [-0.05, 0) is 30.2 Å². The maximum Gasteiger partial charge on any atom is 0.213 e. The largest absolute Gasteiger partial charge is 0.495 e. The summed E-state index contributed by atoms with van der Waals surface area (Å²) >= 11 is 0. The van der Waals surface area contributed by atoms with Crippen LogP contribution in [0.15, 0.2) is 43.0 Å². The number of methoxy groups -OCH3 is 3. The first-order valence-corrected chi connectivity index (χ1v) is 10.5. The molecule has 0 spiro atoms. The summed E-state index contributed by atoms with van der Waals surface area (Å²) in [5, 5.41) is 0. The van der Waals surface area contributed by atoms with Gasteiger partial charge in [0.25, 0.3) is 0 Å². The molecule has 1 aliphatic rings. The van der Waals surface area contributed by atoms with Crippen molar-refractivity contribution in [1.29, 1.82) is 0 Å². The number of hydrogen-bond donors (Lipinski definition) is 0. The quantitative estimate of drug-likeness (QED) is 0.441. The molecule has 1 unspecified atom stereocenters. The highest BCUT2D eigenvalue weighted by Crippen LogP contribution is 2.45. The summed E-state index contributed by atoms with van der Waals surface area (Å²) < 4.78 is 30.5. The van der Waals surface area contributed by atoms with Crippen molar-refractivity contribution in [2.24, 2.45) is 0 Å². The number of hydrogen-bond acceptors (Lipinski definition) is 8. The zero-order chi connectivity index (χ0) is 22.9. The van der Waals surface area contributed by atoms with Crippen molar-refractivity contribution in [3.05, 3.63) is 59.7 Å². The Morgan fingerprint density at radius 2 is 1.88 bits per heavy atom.